The molecule has 0 bridgehead atoms. The molecule has 0 saturated carbocycles. The van der Waals surface area contributed by atoms with Gasteiger partial charge < -0.3 is 14.6 Å². The van der Waals surface area contributed by atoms with Crippen molar-refractivity contribution in [2.75, 3.05) is 13.2 Å². The second-order valence-corrected chi connectivity index (χ2v) is 10.6. The molecular formula is C21H18ClF5O5S. The van der Waals surface area contributed by atoms with Crippen LogP contribution >= 0.6 is 11.6 Å². The third-order valence-corrected chi connectivity index (χ3v) is 8.99. The van der Waals surface area contributed by atoms with Crippen molar-refractivity contribution in [3.05, 3.63) is 58.6 Å². The summed E-state index contributed by atoms with van der Waals surface area (Å²) in [5, 5.41) is 9.84. The van der Waals surface area contributed by atoms with Crippen molar-refractivity contribution in [2.45, 2.75) is 40.9 Å². The summed E-state index contributed by atoms with van der Waals surface area (Å²) in [6, 6.07) is 6.49. The van der Waals surface area contributed by atoms with Crippen LogP contribution in [0.4, 0.5) is 22.0 Å². The Kier molecular flexibility index (Phi) is 6.13. The van der Waals surface area contributed by atoms with E-state index in [1.807, 2.05) is 0 Å². The van der Waals surface area contributed by atoms with Crippen LogP contribution in [0.3, 0.4) is 0 Å². The normalized spacial score (nSPS) is 26.2. The maximum Gasteiger partial charge on any atom is 0.414 e. The van der Waals surface area contributed by atoms with Crippen LogP contribution in [-0.4, -0.2) is 45.1 Å². The van der Waals surface area contributed by atoms with Gasteiger partial charge in [-0.2, -0.15) is 13.2 Å². The van der Waals surface area contributed by atoms with Crippen molar-refractivity contribution in [2.24, 2.45) is 5.92 Å². The molecule has 2 aliphatic heterocycles. The van der Waals surface area contributed by atoms with Gasteiger partial charge in [0, 0.05) is 24.0 Å². The number of ether oxygens (including phenoxy) is 2. The first-order chi connectivity index (χ1) is 15.4. The molecule has 2 aromatic rings. The number of fused-ring (bicyclic) bond motifs is 3. The molecule has 1 N–H and O–H groups in total. The first-order valence-corrected chi connectivity index (χ1v) is 11.7. The molecule has 5 nitrogen and oxygen atoms in total. The summed E-state index contributed by atoms with van der Waals surface area (Å²) in [4.78, 5) is -0.273. The molecule has 0 radical (unpaired) electrons. The van der Waals surface area contributed by atoms with Crippen LogP contribution in [0.25, 0.3) is 0 Å². The zero-order chi connectivity index (χ0) is 24.2. The zero-order valence-electron chi connectivity index (χ0n) is 16.8. The highest BCUT2D eigenvalue weighted by Crippen LogP contribution is 2.56. The van der Waals surface area contributed by atoms with Crippen molar-refractivity contribution < 1.29 is 45.0 Å². The summed E-state index contributed by atoms with van der Waals surface area (Å²) >= 11 is 5.85. The summed E-state index contributed by atoms with van der Waals surface area (Å²) in [6.07, 6.45) is -10.6. The number of hydrogen-bond donors (Lipinski definition) is 1. The van der Waals surface area contributed by atoms with Crippen LogP contribution in [0.1, 0.15) is 18.4 Å². The number of benzene rings is 2. The second-order valence-electron chi connectivity index (χ2n) is 7.95. The van der Waals surface area contributed by atoms with E-state index in [0.29, 0.717) is 0 Å². The maximum atomic E-state index is 15.2. The van der Waals surface area contributed by atoms with E-state index in [9.17, 15) is 31.1 Å². The Balaban J connectivity index is 1.94. The molecule has 2 aliphatic rings. The lowest BCUT2D eigenvalue weighted by molar-refractivity contribution is -0.219. The van der Waals surface area contributed by atoms with Gasteiger partial charge in [0.1, 0.15) is 10.6 Å². The largest absolute Gasteiger partial charge is 0.490 e. The van der Waals surface area contributed by atoms with E-state index in [0.717, 1.165) is 12.1 Å². The SMILES string of the molecule is O=S(=O)(c1ccc(Cl)cc1)[C@@]12CCO[C@@H](CC(O)C(F)(F)F)[C@@H]1COc1c(F)ccc(F)c12. The van der Waals surface area contributed by atoms with Crippen LogP contribution in [0.15, 0.2) is 41.3 Å². The lowest BCUT2D eigenvalue weighted by Gasteiger charge is -2.50. The quantitative estimate of drug-likeness (QED) is 0.615. The van der Waals surface area contributed by atoms with Gasteiger partial charge in [0.05, 0.1) is 23.2 Å². The molecule has 4 atom stereocenters. The maximum absolute atomic E-state index is 15.2. The molecule has 2 aromatic carbocycles. The first kappa shape index (κ1) is 24.2. The third-order valence-electron chi connectivity index (χ3n) is 6.18. The van der Waals surface area contributed by atoms with E-state index < -0.39 is 74.9 Å². The molecule has 2 heterocycles. The van der Waals surface area contributed by atoms with E-state index in [2.05, 4.69) is 0 Å². The Labute approximate surface area is 191 Å². The van der Waals surface area contributed by atoms with Gasteiger partial charge in [0.25, 0.3) is 0 Å². The molecule has 0 spiro atoms. The van der Waals surface area contributed by atoms with Crippen LogP contribution in [0.2, 0.25) is 5.02 Å². The van der Waals surface area contributed by atoms with Crippen molar-refractivity contribution in [1.29, 1.82) is 0 Å². The number of alkyl halides is 3. The predicted octanol–water partition coefficient (Wildman–Crippen LogP) is 4.40. The number of aliphatic hydroxyl groups excluding tert-OH is 1. The topological polar surface area (TPSA) is 72.8 Å². The fraction of sp³-hybridized carbons (Fsp3) is 0.429. The van der Waals surface area contributed by atoms with Gasteiger partial charge in [-0.05, 0) is 42.8 Å². The zero-order valence-corrected chi connectivity index (χ0v) is 18.4. The summed E-state index contributed by atoms with van der Waals surface area (Å²) in [6.45, 7) is -0.927. The van der Waals surface area contributed by atoms with Crippen molar-refractivity contribution in [3.63, 3.8) is 0 Å². The van der Waals surface area contributed by atoms with Gasteiger partial charge in [-0.1, -0.05) is 11.6 Å². The lowest BCUT2D eigenvalue weighted by atomic mass is 9.74. The van der Waals surface area contributed by atoms with Crippen molar-refractivity contribution in [1.82, 2.24) is 0 Å². The van der Waals surface area contributed by atoms with E-state index in [-0.39, 0.29) is 22.9 Å². The first-order valence-electron chi connectivity index (χ1n) is 9.87. The van der Waals surface area contributed by atoms with Gasteiger partial charge in [-0.15, -0.1) is 0 Å². The Morgan fingerprint density at radius 3 is 2.39 bits per heavy atom. The average molecular weight is 513 g/mol. The fourth-order valence-corrected chi connectivity index (χ4v) is 7.11. The van der Waals surface area contributed by atoms with Crippen LogP contribution < -0.4 is 4.74 Å². The third kappa shape index (κ3) is 3.88. The molecule has 0 amide bonds. The van der Waals surface area contributed by atoms with Crippen molar-refractivity contribution >= 4 is 21.4 Å². The number of hydrogen-bond acceptors (Lipinski definition) is 5. The van der Waals surface area contributed by atoms with Gasteiger partial charge in [-0.25, -0.2) is 17.2 Å². The van der Waals surface area contributed by atoms with E-state index in [1.54, 1.807) is 0 Å². The van der Waals surface area contributed by atoms with Crippen molar-refractivity contribution in [3.8, 4) is 5.75 Å². The highest BCUT2D eigenvalue weighted by molar-refractivity contribution is 7.92. The number of sulfone groups is 1. The Morgan fingerprint density at radius 1 is 1.12 bits per heavy atom. The summed E-state index contributed by atoms with van der Waals surface area (Å²) < 4.78 is 105. The Morgan fingerprint density at radius 2 is 1.76 bits per heavy atom. The summed E-state index contributed by atoms with van der Waals surface area (Å²) in [7, 11) is -4.55. The molecule has 4 rings (SSSR count). The highest BCUT2D eigenvalue weighted by atomic mass is 35.5. The standard InChI is InChI=1S/C21H18ClF5O5S/c22-11-1-3-12(4-2-11)33(29,30)20-7-8-31-16(9-17(28)21(25,26)27)13(20)10-32-19-15(24)6-5-14(23)18(19)20/h1-6,13,16-17,28H,7-10H2/t13-,16-,17?,20-/m0/s1. The van der Waals surface area contributed by atoms with E-state index in [1.165, 1.54) is 24.3 Å². The minimum atomic E-state index is -4.98. The number of rotatable bonds is 4. The van der Waals surface area contributed by atoms with Crippen LogP contribution in [0, 0.1) is 17.6 Å². The molecule has 1 fully saturated rings. The Bertz CT molecular complexity index is 1150. The van der Waals surface area contributed by atoms with Gasteiger partial charge >= 0.3 is 6.18 Å². The molecule has 33 heavy (non-hydrogen) atoms. The molecule has 0 aromatic heterocycles. The van der Waals surface area contributed by atoms with Crippen LogP contribution in [-0.2, 0) is 19.3 Å². The number of aliphatic hydroxyl groups is 1. The highest BCUT2D eigenvalue weighted by Gasteiger charge is 2.62. The molecule has 180 valence electrons. The molecule has 12 heteroatoms. The van der Waals surface area contributed by atoms with Crippen LogP contribution in [0.5, 0.6) is 5.75 Å². The fourth-order valence-electron chi connectivity index (χ4n) is 4.64. The van der Waals surface area contributed by atoms with E-state index in [4.69, 9.17) is 21.1 Å². The molecule has 1 unspecified atom stereocenters. The van der Waals surface area contributed by atoms with E-state index >= 15 is 4.39 Å². The monoisotopic (exact) mass is 512 g/mol. The second kappa shape index (κ2) is 8.37. The smallest absolute Gasteiger partial charge is 0.414 e. The molecule has 1 saturated heterocycles. The number of halogens is 6. The molecule has 0 aliphatic carbocycles. The minimum absolute atomic E-state index is 0.228. The van der Waals surface area contributed by atoms with Gasteiger partial charge in [0.2, 0.25) is 0 Å². The Hall–Kier alpha value is -1.95. The lowest BCUT2D eigenvalue weighted by Crippen LogP contribution is -2.58. The summed E-state index contributed by atoms with van der Waals surface area (Å²) in [5.74, 6) is -4.06. The summed E-state index contributed by atoms with van der Waals surface area (Å²) in [5.41, 5.74) is -0.594. The van der Waals surface area contributed by atoms with Gasteiger partial charge in [0.15, 0.2) is 27.5 Å². The van der Waals surface area contributed by atoms with Gasteiger partial charge in [-0.3, -0.25) is 0 Å². The minimum Gasteiger partial charge on any atom is -0.490 e. The predicted molar refractivity (Wildman–Crippen MR) is 107 cm³/mol. The molecular weight excluding hydrogens is 495 g/mol. The average Bonchev–Trinajstić information content (AvgIpc) is 2.75.